The highest BCUT2D eigenvalue weighted by Crippen LogP contribution is 2.31. The van der Waals surface area contributed by atoms with Gasteiger partial charge in [0.2, 0.25) is 0 Å². The average Bonchev–Trinajstić information content (AvgIpc) is 2.24. The van der Waals surface area contributed by atoms with Crippen molar-refractivity contribution < 1.29 is 22.6 Å². The highest BCUT2D eigenvalue weighted by molar-refractivity contribution is 7.80. The van der Waals surface area contributed by atoms with E-state index in [0.717, 1.165) is 0 Å². The average molecular weight is 279 g/mol. The molecule has 0 aromatic heterocycles. The van der Waals surface area contributed by atoms with E-state index in [-0.39, 0.29) is 18.1 Å². The Morgan fingerprint density at radius 1 is 1.22 bits per heavy atom. The molecule has 0 fully saturated rings. The Labute approximate surface area is 108 Å². The van der Waals surface area contributed by atoms with Crippen molar-refractivity contribution in [2.45, 2.75) is 19.2 Å². The van der Waals surface area contributed by atoms with Gasteiger partial charge in [-0.2, -0.15) is 0 Å². The Bertz CT molecular complexity index is 410. The number of hydrogen-bond donors (Lipinski definition) is 1. The maximum Gasteiger partial charge on any atom is 0.573 e. The fourth-order valence-electron chi connectivity index (χ4n) is 1.21. The molecule has 0 saturated heterocycles. The summed E-state index contributed by atoms with van der Waals surface area (Å²) in [5.74, 6) is -0.321. The van der Waals surface area contributed by atoms with Gasteiger partial charge in [-0.15, -0.1) is 13.2 Å². The van der Waals surface area contributed by atoms with Gasteiger partial charge in [0.05, 0.1) is 11.6 Å². The minimum absolute atomic E-state index is 0.0396. The molecule has 0 bridgehead atoms. The molecule has 0 unspecified atom stereocenters. The van der Waals surface area contributed by atoms with Gasteiger partial charge in [0.1, 0.15) is 0 Å². The summed E-state index contributed by atoms with van der Waals surface area (Å²) in [6.45, 7) is 0.218. The van der Waals surface area contributed by atoms with Crippen LogP contribution in [-0.2, 0) is 0 Å². The number of hydrogen-bond acceptors (Lipinski definition) is 3. The van der Waals surface area contributed by atoms with Gasteiger partial charge in [-0.25, -0.2) is 0 Å². The first-order valence-corrected chi connectivity index (χ1v) is 5.55. The molecule has 0 radical (unpaired) electrons. The van der Waals surface area contributed by atoms with Gasteiger partial charge in [-0.05, 0) is 18.6 Å². The quantitative estimate of drug-likeness (QED) is 0.642. The molecule has 100 valence electrons. The molecule has 0 spiro atoms. The normalized spacial score (nSPS) is 11.1. The zero-order valence-electron chi connectivity index (χ0n) is 9.37. The van der Waals surface area contributed by atoms with Crippen LogP contribution < -0.4 is 15.2 Å². The fraction of sp³-hybridized carbons (Fsp3) is 0.364. The van der Waals surface area contributed by atoms with Gasteiger partial charge in [-0.1, -0.05) is 24.4 Å². The summed E-state index contributed by atoms with van der Waals surface area (Å²) in [6.07, 6.45) is -3.72. The van der Waals surface area contributed by atoms with Crippen LogP contribution in [0.3, 0.4) is 0 Å². The van der Waals surface area contributed by atoms with E-state index in [9.17, 15) is 13.2 Å². The van der Waals surface area contributed by atoms with E-state index >= 15 is 0 Å². The van der Waals surface area contributed by atoms with E-state index in [1.54, 1.807) is 6.07 Å². The molecule has 3 nitrogen and oxygen atoms in total. The van der Waals surface area contributed by atoms with E-state index in [1.165, 1.54) is 18.2 Å². The lowest BCUT2D eigenvalue weighted by molar-refractivity contribution is -0.275. The molecule has 2 N–H and O–H groups in total. The Morgan fingerprint density at radius 2 is 1.83 bits per heavy atom. The van der Waals surface area contributed by atoms with Crippen molar-refractivity contribution in [3.63, 3.8) is 0 Å². The third kappa shape index (κ3) is 5.72. The molecular weight excluding hydrogens is 267 g/mol. The second-order valence-corrected chi connectivity index (χ2v) is 3.94. The number of para-hydroxylation sites is 2. The molecule has 0 saturated carbocycles. The lowest BCUT2D eigenvalue weighted by Crippen LogP contribution is -2.18. The fourth-order valence-corrected chi connectivity index (χ4v) is 1.35. The Hall–Kier alpha value is -1.50. The Kier molecular flexibility index (Phi) is 5.21. The van der Waals surface area contributed by atoms with Gasteiger partial charge in [-0.3, -0.25) is 0 Å². The largest absolute Gasteiger partial charge is 0.573 e. The van der Waals surface area contributed by atoms with Crippen molar-refractivity contribution in [2.75, 3.05) is 6.61 Å². The lowest BCUT2D eigenvalue weighted by atomic mass is 10.3. The summed E-state index contributed by atoms with van der Waals surface area (Å²) >= 11 is 4.67. The number of halogens is 3. The van der Waals surface area contributed by atoms with Gasteiger partial charge in [0.15, 0.2) is 11.5 Å². The summed E-state index contributed by atoms with van der Waals surface area (Å²) in [5, 5.41) is 0. The van der Waals surface area contributed by atoms with Gasteiger partial charge < -0.3 is 15.2 Å². The zero-order valence-corrected chi connectivity index (χ0v) is 10.2. The minimum Gasteiger partial charge on any atom is -0.490 e. The van der Waals surface area contributed by atoms with Crippen molar-refractivity contribution in [1.29, 1.82) is 0 Å². The highest BCUT2D eigenvalue weighted by atomic mass is 32.1. The van der Waals surface area contributed by atoms with Gasteiger partial charge >= 0.3 is 6.36 Å². The minimum atomic E-state index is -4.74. The van der Waals surface area contributed by atoms with Crippen LogP contribution in [-0.4, -0.2) is 18.0 Å². The number of rotatable bonds is 6. The number of ether oxygens (including phenoxy) is 2. The molecular formula is C11H12F3NO2S. The lowest BCUT2D eigenvalue weighted by Gasteiger charge is -2.13. The molecule has 18 heavy (non-hydrogen) atoms. The van der Waals surface area contributed by atoms with Crippen molar-refractivity contribution >= 4 is 17.2 Å². The van der Waals surface area contributed by atoms with Crippen molar-refractivity contribution in [2.24, 2.45) is 5.73 Å². The van der Waals surface area contributed by atoms with Crippen LogP contribution in [0.5, 0.6) is 11.5 Å². The highest BCUT2D eigenvalue weighted by Gasteiger charge is 2.32. The number of nitrogens with two attached hydrogens (primary N) is 1. The first-order valence-electron chi connectivity index (χ1n) is 5.14. The molecule has 0 heterocycles. The van der Waals surface area contributed by atoms with Crippen molar-refractivity contribution in [1.82, 2.24) is 0 Å². The molecule has 0 aliphatic rings. The second-order valence-electron chi connectivity index (χ2n) is 3.41. The second kappa shape index (κ2) is 6.44. The molecule has 0 atom stereocenters. The SMILES string of the molecule is NC(=S)CCCOc1ccccc1OC(F)(F)F. The topological polar surface area (TPSA) is 44.5 Å². The van der Waals surface area contributed by atoms with Crippen molar-refractivity contribution in [3.05, 3.63) is 24.3 Å². The van der Waals surface area contributed by atoms with Crippen LogP contribution in [0.2, 0.25) is 0 Å². The van der Waals surface area contributed by atoms with Gasteiger partial charge in [0, 0.05) is 6.42 Å². The van der Waals surface area contributed by atoms with Crippen LogP contribution >= 0.6 is 12.2 Å². The van der Waals surface area contributed by atoms with E-state index in [0.29, 0.717) is 17.8 Å². The summed E-state index contributed by atoms with van der Waals surface area (Å²) in [4.78, 5) is 0.346. The summed E-state index contributed by atoms with van der Waals surface area (Å²) in [7, 11) is 0. The maximum atomic E-state index is 12.1. The van der Waals surface area contributed by atoms with Gasteiger partial charge in [0.25, 0.3) is 0 Å². The van der Waals surface area contributed by atoms with Crippen LogP contribution in [0, 0.1) is 0 Å². The first kappa shape index (κ1) is 14.6. The summed E-state index contributed by atoms with van der Waals surface area (Å²) < 4.78 is 45.3. The predicted octanol–water partition coefficient (Wildman–Crippen LogP) is 3.03. The third-order valence-electron chi connectivity index (χ3n) is 1.90. The third-order valence-corrected chi connectivity index (χ3v) is 2.10. The molecule has 0 aliphatic heterocycles. The molecule has 7 heteroatoms. The predicted molar refractivity (Wildman–Crippen MR) is 64.6 cm³/mol. The number of benzene rings is 1. The van der Waals surface area contributed by atoms with E-state index in [1.807, 2.05) is 0 Å². The van der Waals surface area contributed by atoms with E-state index in [2.05, 4.69) is 17.0 Å². The standard InChI is InChI=1S/C11H12F3NO2S/c12-11(13,14)17-9-5-2-1-4-8(9)16-7-3-6-10(15)18/h1-2,4-5H,3,6-7H2,(H2,15,18). The molecule has 0 amide bonds. The van der Waals surface area contributed by atoms with E-state index < -0.39 is 6.36 Å². The smallest absolute Gasteiger partial charge is 0.490 e. The summed E-state index contributed by atoms with van der Waals surface area (Å²) in [6, 6.07) is 5.59. The molecule has 1 rings (SSSR count). The maximum absolute atomic E-state index is 12.1. The Balaban J connectivity index is 2.56. The van der Waals surface area contributed by atoms with Crippen LogP contribution in [0.15, 0.2) is 24.3 Å². The van der Waals surface area contributed by atoms with Crippen LogP contribution in [0.1, 0.15) is 12.8 Å². The van der Waals surface area contributed by atoms with Crippen molar-refractivity contribution in [3.8, 4) is 11.5 Å². The molecule has 0 aliphatic carbocycles. The molecule has 1 aromatic carbocycles. The van der Waals surface area contributed by atoms with Crippen LogP contribution in [0.4, 0.5) is 13.2 Å². The number of alkyl halides is 3. The van der Waals surface area contributed by atoms with Crippen LogP contribution in [0.25, 0.3) is 0 Å². The van der Waals surface area contributed by atoms with E-state index in [4.69, 9.17) is 10.5 Å². The zero-order chi connectivity index (χ0) is 13.6. The Morgan fingerprint density at radius 3 is 2.39 bits per heavy atom. The molecule has 1 aromatic rings. The monoisotopic (exact) mass is 279 g/mol. The summed E-state index contributed by atoms with van der Waals surface area (Å²) in [5.41, 5.74) is 5.29. The number of thiocarbonyl (C=S) groups is 1. The first-order chi connectivity index (χ1) is 8.38.